The number of nitrogens with one attached hydrogen (secondary N) is 2. The Balaban J connectivity index is 1.91. The summed E-state index contributed by atoms with van der Waals surface area (Å²) in [6.07, 6.45) is 0. The van der Waals surface area contributed by atoms with E-state index in [1.165, 1.54) is 5.56 Å². The summed E-state index contributed by atoms with van der Waals surface area (Å²) in [5, 5.41) is 6.62. The molecule has 0 atom stereocenters. The molecule has 0 amide bonds. The fourth-order valence-corrected chi connectivity index (χ4v) is 2.58. The first kappa shape index (κ1) is 19.6. The van der Waals surface area contributed by atoms with Crippen molar-refractivity contribution in [1.82, 2.24) is 10.6 Å². The van der Waals surface area contributed by atoms with Gasteiger partial charge in [-0.1, -0.05) is 30.3 Å². The highest BCUT2D eigenvalue weighted by molar-refractivity contribution is 5.79. The summed E-state index contributed by atoms with van der Waals surface area (Å²) in [7, 11) is 6.71. The largest absolute Gasteiger partial charge is 0.493 e. The minimum absolute atomic E-state index is 0.611. The molecule has 0 radical (unpaired) electrons. The number of ether oxygens (including phenoxy) is 3. The van der Waals surface area contributed by atoms with Crippen molar-refractivity contribution in [2.75, 3.05) is 28.4 Å². The van der Waals surface area contributed by atoms with E-state index < -0.39 is 0 Å². The zero-order chi connectivity index (χ0) is 18.8. The van der Waals surface area contributed by atoms with Crippen LogP contribution in [0.1, 0.15) is 16.7 Å². The minimum Gasteiger partial charge on any atom is -0.493 e. The molecule has 0 bridgehead atoms. The molecule has 0 unspecified atom stereocenters. The van der Waals surface area contributed by atoms with Gasteiger partial charge in [-0.15, -0.1) is 0 Å². The summed E-state index contributed by atoms with van der Waals surface area (Å²) in [4.78, 5) is 4.27. The second-order valence-electron chi connectivity index (χ2n) is 5.72. The lowest BCUT2D eigenvalue weighted by molar-refractivity contribution is 0.185. The van der Waals surface area contributed by atoms with Crippen molar-refractivity contribution in [1.29, 1.82) is 0 Å². The van der Waals surface area contributed by atoms with Crippen LogP contribution in [0.5, 0.6) is 11.5 Å². The molecule has 2 aromatic carbocycles. The number of hydrogen-bond donors (Lipinski definition) is 2. The number of nitrogens with zero attached hydrogens (tertiary/aromatic N) is 1. The fraction of sp³-hybridized carbons (Fsp3) is 0.350. The van der Waals surface area contributed by atoms with E-state index in [-0.39, 0.29) is 0 Å². The maximum Gasteiger partial charge on any atom is 0.191 e. The van der Waals surface area contributed by atoms with Gasteiger partial charge in [0.05, 0.1) is 20.8 Å². The normalized spacial score (nSPS) is 11.2. The Kier molecular flexibility index (Phi) is 7.76. The number of guanidine groups is 1. The van der Waals surface area contributed by atoms with Crippen molar-refractivity contribution in [3.63, 3.8) is 0 Å². The van der Waals surface area contributed by atoms with Crippen LogP contribution in [0.2, 0.25) is 0 Å². The van der Waals surface area contributed by atoms with Crippen LogP contribution in [0.25, 0.3) is 0 Å². The molecule has 0 saturated heterocycles. The molecule has 0 aromatic heterocycles. The molecule has 26 heavy (non-hydrogen) atoms. The summed E-state index contributed by atoms with van der Waals surface area (Å²) in [5.74, 6) is 2.16. The molecule has 2 N–H and O–H groups in total. The van der Waals surface area contributed by atoms with E-state index in [0.29, 0.717) is 25.4 Å². The summed E-state index contributed by atoms with van der Waals surface area (Å²) < 4.78 is 15.8. The van der Waals surface area contributed by atoms with Crippen LogP contribution in [0.4, 0.5) is 0 Å². The van der Waals surface area contributed by atoms with E-state index in [1.807, 2.05) is 24.3 Å². The molecule has 0 aliphatic carbocycles. The van der Waals surface area contributed by atoms with Crippen molar-refractivity contribution < 1.29 is 14.2 Å². The van der Waals surface area contributed by atoms with Crippen molar-refractivity contribution in [3.05, 3.63) is 59.2 Å². The minimum atomic E-state index is 0.611. The Bertz CT molecular complexity index is 732. The lowest BCUT2D eigenvalue weighted by atomic mass is 10.1. The van der Waals surface area contributed by atoms with Crippen molar-refractivity contribution in [3.8, 4) is 11.5 Å². The third-order valence-electron chi connectivity index (χ3n) is 3.89. The molecular weight excluding hydrogens is 330 g/mol. The average molecular weight is 357 g/mol. The third kappa shape index (κ3) is 5.67. The van der Waals surface area contributed by atoms with Gasteiger partial charge in [0.15, 0.2) is 17.5 Å². The molecule has 2 rings (SSSR count). The molecule has 0 heterocycles. The zero-order valence-electron chi connectivity index (χ0n) is 15.8. The Morgan fingerprint density at radius 3 is 2.12 bits per heavy atom. The maximum absolute atomic E-state index is 5.34. The van der Waals surface area contributed by atoms with Gasteiger partial charge in [-0.3, -0.25) is 4.99 Å². The smallest absolute Gasteiger partial charge is 0.191 e. The number of rotatable bonds is 8. The van der Waals surface area contributed by atoms with Crippen LogP contribution >= 0.6 is 0 Å². The molecule has 0 aliphatic heterocycles. The Labute approximate surface area is 155 Å². The zero-order valence-corrected chi connectivity index (χ0v) is 15.8. The number of methoxy groups -OCH3 is 3. The average Bonchev–Trinajstić information content (AvgIpc) is 2.68. The first-order valence-electron chi connectivity index (χ1n) is 8.42. The van der Waals surface area contributed by atoms with Crippen LogP contribution < -0.4 is 20.1 Å². The molecule has 140 valence electrons. The number of benzene rings is 2. The standard InChI is InChI=1S/C20H27N3O3/c1-21-20(22-12-15-6-5-7-17(10-15)14-24-2)23-13-16-8-9-18(25-3)19(11-16)26-4/h5-11H,12-14H2,1-4H3,(H2,21,22,23). The monoisotopic (exact) mass is 357 g/mol. The van der Waals surface area contributed by atoms with Gasteiger partial charge in [0, 0.05) is 27.2 Å². The third-order valence-corrected chi connectivity index (χ3v) is 3.89. The van der Waals surface area contributed by atoms with E-state index in [0.717, 1.165) is 22.8 Å². The van der Waals surface area contributed by atoms with Crippen LogP contribution in [0.15, 0.2) is 47.5 Å². The Hall–Kier alpha value is -2.73. The van der Waals surface area contributed by atoms with Gasteiger partial charge >= 0.3 is 0 Å². The summed E-state index contributed by atoms with van der Waals surface area (Å²) in [5.41, 5.74) is 3.40. The lowest BCUT2D eigenvalue weighted by Gasteiger charge is -2.14. The quantitative estimate of drug-likeness (QED) is 0.562. The van der Waals surface area contributed by atoms with E-state index >= 15 is 0 Å². The molecule has 6 nitrogen and oxygen atoms in total. The van der Waals surface area contributed by atoms with Gasteiger partial charge in [-0.2, -0.15) is 0 Å². The van der Waals surface area contributed by atoms with E-state index in [2.05, 4.69) is 33.8 Å². The molecule has 0 aliphatic rings. The number of hydrogen-bond acceptors (Lipinski definition) is 4. The van der Waals surface area contributed by atoms with Crippen LogP contribution in [0, 0.1) is 0 Å². The first-order valence-corrected chi connectivity index (χ1v) is 8.42. The van der Waals surface area contributed by atoms with Crippen molar-refractivity contribution in [2.45, 2.75) is 19.7 Å². The predicted octanol–water partition coefficient (Wildman–Crippen LogP) is 2.72. The van der Waals surface area contributed by atoms with Crippen molar-refractivity contribution in [2.24, 2.45) is 4.99 Å². The van der Waals surface area contributed by atoms with Gasteiger partial charge in [0.25, 0.3) is 0 Å². The predicted molar refractivity (Wildman–Crippen MR) is 104 cm³/mol. The SMILES string of the molecule is CN=C(NCc1cccc(COC)c1)NCc1ccc(OC)c(OC)c1. The number of aliphatic imine (C=N–C) groups is 1. The highest BCUT2D eigenvalue weighted by Gasteiger charge is 2.05. The topological polar surface area (TPSA) is 64.1 Å². The summed E-state index contributed by atoms with van der Waals surface area (Å²) >= 11 is 0. The van der Waals surface area contributed by atoms with Crippen LogP contribution in [-0.4, -0.2) is 34.3 Å². The highest BCUT2D eigenvalue weighted by atomic mass is 16.5. The molecule has 0 fully saturated rings. The van der Waals surface area contributed by atoms with E-state index in [9.17, 15) is 0 Å². The van der Waals surface area contributed by atoms with Gasteiger partial charge in [-0.05, 0) is 28.8 Å². The van der Waals surface area contributed by atoms with E-state index in [1.54, 1.807) is 28.4 Å². The second-order valence-corrected chi connectivity index (χ2v) is 5.72. The molecule has 0 spiro atoms. The van der Waals surface area contributed by atoms with E-state index in [4.69, 9.17) is 14.2 Å². The van der Waals surface area contributed by atoms with Gasteiger partial charge < -0.3 is 24.8 Å². The van der Waals surface area contributed by atoms with Crippen LogP contribution in [0.3, 0.4) is 0 Å². The molecule has 2 aromatic rings. The van der Waals surface area contributed by atoms with Crippen molar-refractivity contribution >= 4 is 5.96 Å². The van der Waals surface area contributed by atoms with Gasteiger partial charge in [-0.25, -0.2) is 0 Å². The summed E-state index contributed by atoms with van der Waals surface area (Å²) in [6, 6.07) is 14.1. The van der Waals surface area contributed by atoms with Crippen LogP contribution in [-0.2, 0) is 24.4 Å². The Morgan fingerprint density at radius 1 is 0.846 bits per heavy atom. The molecular formula is C20H27N3O3. The summed E-state index contributed by atoms with van der Waals surface area (Å²) in [6.45, 7) is 1.92. The van der Waals surface area contributed by atoms with Gasteiger partial charge in [0.1, 0.15) is 0 Å². The Morgan fingerprint density at radius 2 is 1.50 bits per heavy atom. The highest BCUT2D eigenvalue weighted by Crippen LogP contribution is 2.27. The molecule has 0 saturated carbocycles. The van der Waals surface area contributed by atoms with Gasteiger partial charge in [0.2, 0.25) is 0 Å². The first-order chi connectivity index (χ1) is 12.7. The lowest BCUT2D eigenvalue weighted by Crippen LogP contribution is -2.36. The maximum atomic E-state index is 5.34. The fourth-order valence-electron chi connectivity index (χ4n) is 2.58. The second kappa shape index (κ2) is 10.3. The molecule has 6 heteroatoms.